The van der Waals surface area contributed by atoms with E-state index < -0.39 is 0 Å². The van der Waals surface area contributed by atoms with Gasteiger partial charge in [-0.1, -0.05) is 35.9 Å². The number of hydrogen-bond acceptors (Lipinski definition) is 2. The highest BCUT2D eigenvalue weighted by atomic mass is 35.5. The van der Waals surface area contributed by atoms with Gasteiger partial charge in [0.05, 0.1) is 17.1 Å². The van der Waals surface area contributed by atoms with Gasteiger partial charge in [-0.3, -0.25) is 9.48 Å². The van der Waals surface area contributed by atoms with Crippen molar-refractivity contribution in [1.82, 2.24) is 9.78 Å². The van der Waals surface area contributed by atoms with Crippen molar-refractivity contribution in [2.24, 2.45) is 7.05 Å². The molecular weight excluding hydrogens is 236 g/mol. The molecule has 3 rings (SSSR count). The zero-order valence-corrected chi connectivity index (χ0v) is 10.1. The number of carbonyl (C=O) groups is 1. The summed E-state index contributed by atoms with van der Waals surface area (Å²) in [6, 6.07) is 8.02. The van der Waals surface area contributed by atoms with E-state index in [-0.39, 0.29) is 11.7 Å². The van der Waals surface area contributed by atoms with Crippen LogP contribution in [0.5, 0.6) is 0 Å². The Morgan fingerprint density at radius 2 is 2.24 bits per heavy atom. The lowest BCUT2D eigenvalue weighted by Gasteiger charge is -2.28. The summed E-state index contributed by atoms with van der Waals surface area (Å²) in [5, 5.41) is 4.43. The zero-order chi connectivity index (χ0) is 12.0. The molecule has 0 spiro atoms. The summed E-state index contributed by atoms with van der Waals surface area (Å²) in [6.07, 6.45) is 2.32. The van der Waals surface area contributed by atoms with Crippen molar-refractivity contribution >= 4 is 17.4 Å². The maximum Gasteiger partial charge on any atom is 0.190 e. The largest absolute Gasteiger partial charge is 0.292 e. The lowest BCUT2D eigenvalue weighted by Crippen LogP contribution is -2.26. The molecule has 1 heterocycles. The minimum absolute atomic E-state index is 0.0564. The van der Waals surface area contributed by atoms with E-state index in [4.69, 9.17) is 11.6 Å². The van der Waals surface area contributed by atoms with Crippen LogP contribution in [0.25, 0.3) is 0 Å². The van der Waals surface area contributed by atoms with Crippen LogP contribution >= 0.6 is 11.6 Å². The molecule has 1 atom stereocenters. The minimum Gasteiger partial charge on any atom is -0.292 e. The maximum absolute atomic E-state index is 12.3. The molecule has 2 aromatic rings. The number of ketones is 1. The fourth-order valence-electron chi connectivity index (χ4n) is 2.35. The summed E-state index contributed by atoms with van der Waals surface area (Å²) in [5.74, 6) is 0.00722. The molecule has 1 unspecified atom stereocenters. The van der Waals surface area contributed by atoms with Crippen molar-refractivity contribution in [1.29, 1.82) is 0 Å². The number of halogens is 1. The average molecular weight is 247 g/mol. The second kappa shape index (κ2) is 3.70. The topological polar surface area (TPSA) is 34.9 Å². The summed E-state index contributed by atoms with van der Waals surface area (Å²) >= 11 is 5.99. The fraction of sp³-hybridized carbons (Fsp3) is 0.231. The highest BCUT2D eigenvalue weighted by Gasteiger charge is 2.34. The molecule has 0 N–H and O–H groups in total. The molecule has 1 aromatic heterocycles. The van der Waals surface area contributed by atoms with Gasteiger partial charge in [-0.25, -0.2) is 0 Å². The number of benzene rings is 1. The molecule has 0 amide bonds. The molecule has 1 aliphatic carbocycles. The van der Waals surface area contributed by atoms with Gasteiger partial charge in [0.15, 0.2) is 5.78 Å². The third-order valence-electron chi connectivity index (χ3n) is 3.30. The van der Waals surface area contributed by atoms with Crippen molar-refractivity contribution in [2.75, 3.05) is 0 Å². The second-order valence-corrected chi connectivity index (χ2v) is 4.69. The van der Waals surface area contributed by atoms with E-state index in [1.807, 2.05) is 18.2 Å². The molecule has 1 aliphatic rings. The number of carbonyl (C=O) groups excluding carboxylic acids is 1. The number of fused-ring (bicyclic) bond motifs is 1. The van der Waals surface area contributed by atoms with Crippen molar-refractivity contribution in [3.8, 4) is 0 Å². The smallest absolute Gasteiger partial charge is 0.190 e. The van der Waals surface area contributed by atoms with E-state index >= 15 is 0 Å². The van der Waals surface area contributed by atoms with Gasteiger partial charge in [-0.2, -0.15) is 5.10 Å². The minimum atomic E-state index is -0.0564. The predicted molar refractivity (Wildman–Crippen MR) is 65.4 cm³/mol. The summed E-state index contributed by atoms with van der Waals surface area (Å²) in [5.41, 5.74) is 2.88. The second-order valence-electron chi connectivity index (χ2n) is 4.28. The quantitative estimate of drug-likeness (QED) is 0.764. The van der Waals surface area contributed by atoms with E-state index in [1.165, 1.54) is 11.8 Å². The van der Waals surface area contributed by atoms with Crippen LogP contribution in [0.1, 0.15) is 27.5 Å². The van der Waals surface area contributed by atoms with E-state index in [1.54, 1.807) is 11.7 Å². The van der Waals surface area contributed by atoms with Crippen LogP contribution in [0.4, 0.5) is 0 Å². The van der Waals surface area contributed by atoms with Gasteiger partial charge in [0, 0.05) is 7.05 Å². The lowest BCUT2D eigenvalue weighted by atomic mass is 9.74. The first-order valence-corrected chi connectivity index (χ1v) is 5.86. The molecule has 0 fully saturated rings. The van der Waals surface area contributed by atoms with Crippen molar-refractivity contribution in [3.05, 3.63) is 52.3 Å². The Hall–Kier alpha value is -1.61. The highest BCUT2D eigenvalue weighted by molar-refractivity contribution is 6.33. The number of Topliss-reactive ketones (excluding diaryl/α,β-unsaturated/α-hetero) is 1. The van der Waals surface area contributed by atoms with Crippen LogP contribution in [-0.2, 0) is 13.5 Å². The van der Waals surface area contributed by atoms with Crippen LogP contribution in [0.3, 0.4) is 0 Å². The van der Waals surface area contributed by atoms with E-state index in [2.05, 4.69) is 11.2 Å². The van der Waals surface area contributed by atoms with Gasteiger partial charge in [0.2, 0.25) is 0 Å². The third kappa shape index (κ3) is 1.50. The van der Waals surface area contributed by atoms with Gasteiger partial charge < -0.3 is 0 Å². The summed E-state index contributed by atoms with van der Waals surface area (Å²) in [4.78, 5) is 12.3. The maximum atomic E-state index is 12.3. The molecule has 17 heavy (non-hydrogen) atoms. The van der Waals surface area contributed by atoms with Gasteiger partial charge >= 0.3 is 0 Å². The zero-order valence-electron chi connectivity index (χ0n) is 9.35. The number of aromatic nitrogens is 2. The van der Waals surface area contributed by atoms with Crippen molar-refractivity contribution in [2.45, 2.75) is 12.3 Å². The molecule has 0 saturated heterocycles. The van der Waals surface area contributed by atoms with Gasteiger partial charge in [0.25, 0.3) is 0 Å². The molecule has 4 heteroatoms. The number of aryl methyl sites for hydroxylation is 1. The number of rotatable bonds is 2. The van der Waals surface area contributed by atoms with Crippen LogP contribution < -0.4 is 0 Å². The Morgan fingerprint density at radius 1 is 1.47 bits per heavy atom. The fourth-order valence-corrected chi connectivity index (χ4v) is 2.60. The molecule has 0 aliphatic heterocycles. The van der Waals surface area contributed by atoms with Crippen LogP contribution in [-0.4, -0.2) is 15.6 Å². The monoisotopic (exact) mass is 246 g/mol. The molecule has 86 valence electrons. The van der Waals surface area contributed by atoms with E-state index in [9.17, 15) is 4.79 Å². The van der Waals surface area contributed by atoms with Gasteiger partial charge in [0.1, 0.15) is 5.69 Å². The molecule has 1 aromatic carbocycles. The summed E-state index contributed by atoms with van der Waals surface area (Å²) in [6.45, 7) is 0. The molecular formula is C13H11ClN2O. The summed E-state index contributed by atoms with van der Waals surface area (Å²) < 4.78 is 1.55. The Morgan fingerprint density at radius 3 is 2.88 bits per heavy atom. The first-order valence-electron chi connectivity index (χ1n) is 5.48. The van der Waals surface area contributed by atoms with Crippen molar-refractivity contribution < 1.29 is 4.79 Å². The van der Waals surface area contributed by atoms with E-state index in [0.29, 0.717) is 10.7 Å². The Kier molecular flexibility index (Phi) is 2.30. The Labute approximate surface area is 104 Å². The first-order chi connectivity index (χ1) is 8.18. The lowest BCUT2D eigenvalue weighted by molar-refractivity contribution is 0.0940. The van der Waals surface area contributed by atoms with Gasteiger partial charge in [-0.05, 0) is 17.5 Å². The predicted octanol–water partition coefficient (Wildman–Crippen LogP) is 2.60. The molecule has 0 bridgehead atoms. The average Bonchev–Trinajstić information content (AvgIpc) is 2.60. The highest BCUT2D eigenvalue weighted by Crippen LogP contribution is 2.38. The SMILES string of the molecule is Cn1ncc(Cl)c1C(=O)C1Cc2ccccc21. The first kappa shape index (κ1) is 10.5. The third-order valence-corrected chi connectivity index (χ3v) is 3.58. The van der Waals surface area contributed by atoms with Gasteiger partial charge in [-0.15, -0.1) is 0 Å². The van der Waals surface area contributed by atoms with Crippen LogP contribution in [0.2, 0.25) is 5.02 Å². The standard InChI is InChI=1S/C13H11ClN2O/c1-16-12(11(14)7-15-16)13(17)10-6-8-4-2-3-5-9(8)10/h2-5,7,10H,6H2,1H3. The molecule has 0 saturated carbocycles. The van der Waals surface area contributed by atoms with E-state index in [0.717, 1.165) is 12.0 Å². The number of nitrogens with zero attached hydrogens (tertiary/aromatic N) is 2. The molecule has 3 nitrogen and oxygen atoms in total. The van der Waals surface area contributed by atoms with Crippen LogP contribution in [0.15, 0.2) is 30.5 Å². The summed E-state index contributed by atoms with van der Waals surface area (Å²) in [7, 11) is 1.74. The molecule has 0 radical (unpaired) electrons. The van der Waals surface area contributed by atoms with Crippen LogP contribution in [0, 0.1) is 0 Å². The normalized spacial score (nSPS) is 17.4. The Bertz CT molecular complexity index is 584. The van der Waals surface area contributed by atoms with Crippen molar-refractivity contribution in [3.63, 3.8) is 0 Å². The number of hydrogen-bond donors (Lipinski definition) is 0. The Balaban J connectivity index is 1.97.